The lowest BCUT2D eigenvalue weighted by molar-refractivity contribution is -0.162. The number of carbonyl (C=O) groups is 2. The number of benzene rings is 1. The van der Waals surface area contributed by atoms with Crippen molar-refractivity contribution in [1.82, 2.24) is 5.32 Å². The Kier molecular flexibility index (Phi) is 3.27. The number of rotatable bonds is 3. The number of alkyl carbamates (subject to hydrolysis) is 1. The second-order valence-electron chi connectivity index (χ2n) is 3.82. The standard InChI is InChI=1S/C12H13NO4/c1-8(14)16-11-10(13-12(15)17-11)7-9-5-3-2-4-6-9/h2-6,10-11H,7H2,1H3,(H,13,15). The molecule has 1 aliphatic rings. The molecule has 1 aliphatic heterocycles. The summed E-state index contributed by atoms with van der Waals surface area (Å²) >= 11 is 0. The highest BCUT2D eigenvalue weighted by Crippen LogP contribution is 2.15. The second kappa shape index (κ2) is 4.86. The minimum atomic E-state index is -0.847. The molecule has 0 aliphatic carbocycles. The van der Waals surface area contributed by atoms with Gasteiger partial charge in [-0.05, 0) is 5.56 Å². The molecule has 0 spiro atoms. The fraction of sp³-hybridized carbons (Fsp3) is 0.333. The number of amides is 1. The van der Waals surface area contributed by atoms with Crippen LogP contribution in [0.3, 0.4) is 0 Å². The van der Waals surface area contributed by atoms with Crippen LogP contribution in [0, 0.1) is 0 Å². The normalized spacial score (nSPS) is 22.8. The van der Waals surface area contributed by atoms with Crippen LogP contribution in [0.2, 0.25) is 0 Å². The first-order valence-electron chi connectivity index (χ1n) is 5.33. The molecule has 0 aromatic heterocycles. The van der Waals surface area contributed by atoms with Gasteiger partial charge in [-0.25, -0.2) is 4.79 Å². The molecule has 1 aromatic carbocycles. The van der Waals surface area contributed by atoms with Crippen molar-refractivity contribution in [3.63, 3.8) is 0 Å². The molecular formula is C12H13NO4. The molecule has 2 atom stereocenters. The van der Waals surface area contributed by atoms with Crippen molar-refractivity contribution < 1.29 is 19.1 Å². The first-order chi connectivity index (χ1) is 8.15. The average Bonchev–Trinajstić information content (AvgIpc) is 2.59. The lowest BCUT2D eigenvalue weighted by Gasteiger charge is -2.16. The second-order valence-corrected chi connectivity index (χ2v) is 3.82. The van der Waals surface area contributed by atoms with Crippen molar-refractivity contribution in [2.75, 3.05) is 0 Å². The molecule has 0 bridgehead atoms. The highest BCUT2D eigenvalue weighted by atomic mass is 16.7. The van der Waals surface area contributed by atoms with Crippen molar-refractivity contribution >= 4 is 12.1 Å². The molecule has 90 valence electrons. The van der Waals surface area contributed by atoms with Gasteiger partial charge in [0.25, 0.3) is 6.29 Å². The van der Waals surface area contributed by atoms with Crippen LogP contribution in [0.1, 0.15) is 12.5 Å². The minimum absolute atomic E-state index is 0.339. The van der Waals surface area contributed by atoms with Crippen molar-refractivity contribution in [1.29, 1.82) is 0 Å². The van der Waals surface area contributed by atoms with E-state index in [4.69, 9.17) is 9.47 Å². The van der Waals surface area contributed by atoms with E-state index in [2.05, 4.69) is 5.32 Å². The zero-order valence-electron chi connectivity index (χ0n) is 9.38. The number of hydrogen-bond donors (Lipinski definition) is 1. The van der Waals surface area contributed by atoms with Crippen LogP contribution < -0.4 is 5.32 Å². The summed E-state index contributed by atoms with van der Waals surface area (Å²) in [6.07, 6.45) is -0.845. The smallest absolute Gasteiger partial charge is 0.410 e. The molecule has 2 unspecified atom stereocenters. The van der Waals surface area contributed by atoms with Crippen LogP contribution in [0.5, 0.6) is 0 Å². The minimum Gasteiger partial charge on any atom is -0.423 e. The van der Waals surface area contributed by atoms with Crippen LogP contribution >= 0.6 is 0 Å². The largest absolute Gasteiger partial charge is 0.423 e. The molecule has 1 heterocycles. The number of cyclic esters (lactones) is 1. The monoisotopic (exact) mass is 235 g/mol. The predicted molar refractivity (Wildman–Crippen MR) is 59.1 cm³/mol. The van der Waals surface area contributed by atoms with Gasteiger partial charge in [-0.2, -0.15) is 0 Å². The van der Waals surface area contributed by atoms with Crippen LogP contribution in [-0.2, 0) is 20.7 Å². The molecule has 0 radical (unpaired) electrons. The van der Waals surface area contributed by atoms with Crippen LogP contribution in [-0.4, -0.2) is 24.4 Å². The highest BCUT2D eigenvalue weighted by molar-refractivity contribution is 5.71. The molecule has 0 saturated carbocycles. The first kappa shape index (κ1) is 11.4. The number of ether oxygens (including phenoxy) is 2. The van der Waals surface area contributed by atoms with Crippen molar-refractivity contribution in [3.8, 4) is 0 Å². The number of hydrogen-bond acceptors (Lipinski definition) is 4. The summed E-state index contributed by atoms with van der Waals surface area (Å²) in [7, 11) is 0. The summed E-state index contributed by atoms with van der Waals surface area (Å²) in [5, 5.41) is 2.62. The molecule has 2 rings (SSSR count). The summed E-state index contributed by atoms with van der Waals surface area (Å²) in [5.74, 6) is -0.468. The Bertz CT molecular complexity index is 418. The summed E-state index contributed by atoms with van der Waals surface area (Å²) in [6, 6.07) is 9.28. The Morgan fingerprint density at radius 1 is 1.41 bits per heavy atom. The molecular weight excluding hydrogens is 222 g/mol. The van der Waals surface area contributed by atoms with Gasteiger partial charge >= 0.3 is 12.1 Å². The van der Waals surface area contributed by atoms with Gasteiger partial charge in [-0.1, -0.05) is 30.3 Å². The average molecular weight is 235 g/mol. The van der Waals surface area contributed by atoms with E-state index in [0.29, 0.717) is 6.42 Å². The summed E-state index contributed by atoms with van der Waals surface area (Å²) in [6.45, 7) is 1.28. The Morgan fingerprint density at radius 2 is 2.12 bits per heavy atom. The Balaban J connectivity index is 2.03. The Labute approximate surface area is 98.7 Å². The van der Waals surface area contributed by atoms with Crippen LogP contribution in [0.4, 0.5) is 4.79 Å². The Morgan fingerprint density at radius 3 is 2.76 bits per heavy atom. The molecule has 1 amide bonds. The van der Waals surface area contributed by atoms with Gasteiger partial charge in [0.1, 0.15) is 6.04 Å². The number of esters is 1. The Hall–Kier alpha value is -2.04. The van der Waals surface area contributed by atoms with E-state index in [9.17, 15) is 9.59 Å². The van der Waals surface area contributed by atoms with Crippen LogP contribution in [0.25, 0.3) is 0 Å². The van der Waals surface area contributed by atoms with Gasteiger partial charge in [-0.15, -0.1) is 0 Å². The van der Waals surface area contributed by atoms with Gasteiger partial charge in [-0.3, -0.25) is 4.79 Å². The van der Waals surface area contributed by atoms with Crippen molar-refractivity contribution in [3.05, 3.63) is 35.9 Å². The maximum absolute atomic E-state index is 11.1. The third-order valence-corrected chi connectivity index (χ3v) is 2.44. The summed E-state index contributed by atoms with van der Waals surface area (Å²) in [5.41, 5.74) is 1.04. The summed E-state index contributed by atoms with van der Waals surface area (Å²) in [4.78, 5) is 22.0. The van der Waals surface area contributed by atoms with E-state index in [0.717, 1.165) is 5.56 Å². The highest BCUT2D eigenvalue weighted by Gasteiger charge is 2.36. The number of nitrogens with one attached hydrogen (secondary N) is 1. The molecule has 5 nitrogen and oxygen atoms in total. The maximum Gasteiger partial charge on any atom is 0.410 e. The van der Waals surface area contributed by atoms with Gasteiger partial charge in [0.05, 0.1) is 0 Å². The molecule has 1 N–H and O–H groups in total. The van der Waals surface area contributed by atoms with E-state index < -0.39 is 18.4 Å². The van der Waals surface area contributed by atoms with E-state index in [1.165, 1.54) is 6.92 Å². The van der Waals surface area contributed by atoms with Gasteiger partial charge in [0.15, 0.2) is 0 Å². The number of carbonyl (C=O) groups excluding carboxylic acids is 2. The third-order valence-electron chi connectivity index (χ3n) is 2.44. The van der Waals surface area contributed by atoms with E-state index in [1.54, 1.807) is 0 Å². The zero-order chi connectivity index (χ0) is 12.3. The van der Waals surface area contributed by atoms with Crippen molar-refractivity contribution in [2.24, 2.45) is 0 Å². The SMILES string of the molecule is CC(=O)OC1OC(=O)NC1Cc1ccccc1. The first-order valence-corrected chi connectivity index (χ1v) is 5.33. The van der Waals surface area contributed by atoms with E-state index >= 15 is 0 Å². The fourth-order valence-electron chi connectivity index (χ4n) is 1.73. The molecule has 1 saturated heterocycles. The molecule has 5 heteroatoms. The quantitative estimate of drug-likeness (QED) is 0.800. The zero-order valence-corrected chi connectivity index (χ0v) is 9.38. The fourth-order valence-corrected chi connectivity index (χ4v) is 1.73. The van der Waals surface area contributed by atoms with Gasteiger partial charge < -0.3 is 14.8 Å². The lowest BCUT2D eigenvalue weighted by atomic mass is 10.1. The van der Waals surface area contributed by atoms with E-state index in [-0.39, 0.29) is 6.04 Å². The molecule has 1 fully saturated rings. The molecule has 17 heavy (non-hydrogen) atoms. The predicted octanol–water partition coefficient (Wildman–Crippen LogP) is 1.23. The topological polar surface area (TPSA) is 64.6 Å². The maximum atomic E-state index is 11.1. The van der Waals surface area contributed by atoms with Crippen LogP contribution in [0.15, 0.2) is 30.3 Å². The van der Waals surface area contributed by atoms with Gasteiger partial charge in [0, 0.05) is 13.3 Å². The molecule has 1 aromatic rings. The van der Waals surface area contributed by atoms with Gasteiger partial charge in [0.2, 0.25) is 0 Å². The van der Waals surface area contributed by atoms with Crippen molar-refractivity contribution in [2.45, 2.75) is 25.7 Å². The third kappa shape index (κ3) is 2.96. The van der Waals surface area contributed by atoms with E-state index in [1.807, 2.05) is 30.3 Å². The lowest BCUT2D eigenvalue weighted by Crippen LogP contribution is -2.36. The summed E-state index contributed by atoms with van der Waals surface area (Å²) < 4.78 is 9.79.